The molecule has 1 aromatic carbocycles. The fourth-order valence-corrected chi connectivity index (χ4v) is 2.82. The number of carboxylic acids is 1. The monoisotopic (exact) mass is 325 g/mol. The summed E-state index contributed by atoms with van der Waals surface area (Å²) in [6.07, 6.45) is 2.51. The van der Waals surface area contributed by atoms with Crippen molar-refractivity contribution < 1.29 is 9.90 Å². The van der Waals surface area contributed by atoms with Crippen LogP contribution in [0, 0.1) is 6.92 Å². The first-order chi connectivity index (χ1) is 11.4. The molecular weight excluding hydrogens is 306 g/mol. The number of carboxylic acid groups (broad SMARTS) is 1. The third-order valence-electron chi connectivity index (χ3n) is 4.38. The van der Waals surface area contributed by atoms with Gasteiger partial charge in [0.25, 0.3) is 0 Å². The summed E-state index contributed by atoms with van der Waals surface area (Å²) < 4.78 is 1.65. The van der Waals surface area contributed by atoms with Gasteiger partial charge in [-0.1, -0.05) is 13.0 Å². The van der Waals surface area contributed by atoms with Crippen LogP contribution >= 0.6 is 0 Å². The largest absolute Gasteiger partial charge is 0.478 e. The minimum atomic E-state index is -0.971. The SMILES string of the molecule is CCC(C)n1c(=O)[nH]c2cc(-c3cc(C(=O)O)ccc3C)cnc21. The van der Waals surface area contributed by atoms with E-state index in [4.69, 9.17) is 0 Å². The minimum Gasteiger partial charge on any atom is -0.478 e. The molecule has 6 nitrogen and oxygen atoms in total. The Labute approximate surface area is 138 Å². The van der Waals surface area contributed by atoms with Gasteiger partial charge in [-0.05, 0) is 49.6 Å². The second-order valence-electron chi connectivity index (χ2n) is 5.99. The summed E-state index contributed by atoms with van der Waals surface area (Å²) >= 11 is 0. The lowest BCUT2D eigenvalue weighted by Gasteiger charge is -2.10. The van der Waals surface area contributed by atoms with Crippen molar-refractivity contribution in [3.8, 4) is 11.1 Å². The van der Waals surface area contributed by atoms with Gasteiger partial charge in [0.15, 0.2) is 5.65 Å². The molecule has 24 heavy (non-hydrogen) atoms. The van der Waals surface area contributed by atoms with Crippen LogP contribution in [0.1, 0.15) is 42.2 Å². The third-order valence-corrected chi connectivity index (χ3v) is 4.38. The Hall–Kier alpha value is -2.89. The third kappa shape index (κ3) is 2.60. The number of H-pyrrole nitrogens is 1. The standard InChI is InChI=1S/C18H19N3O3/c1-4-11(3)21-16-15(20-18(21)24)8-13(9-19-16)14-7-12(17(22)23)6-5-10(14)2/h5-9,11H,4H2,1-3H3,(H,20,24)(H,22,23). The lowest BCUT2D eigenvalue weighted by atomic mass is 9.99. The highest BCUT2D eigenvalue weighted by Crippen LogP contribution is 2.26. The summed E-state index contributed by atoms with van der Waals surface area (Å²) in [5.41, 5.74) is 3.83. The second-order valence-corrected chi connectivity index (χ2v) is 5.99. The van der Waals surface area contributed by atoms with E-state index in [2.05, 4.69) is 9.97 Å². The number of rotatable bonds is 4. The van der Waals surface area contributed by atoms with Crippen LogP contribution in [-0.2, 0) is 0 Å². The van der Waals surface area contributed by atoms with Gasteiger partial charge >= 0.3 is 11.7 Å². The van der Waals surface area contributed by atoms with Gasteiger partial charge < -0.3 is 10.1 Å². The molecule has 6 heteroatoms. The summed E-state index contributed by atoms with van der Waals surface area (Å²) in [4.78, 5) is 30.7. The number of aromatic carboxylic acids is 1. The number of benzene rings is 1. The van der Waals surface area contributed by atoms with Crippen molar-refractivity contribution in [3.63, 3.8) is 0 Å². The summed E-state index contributed by atoms with van der Waals surface area (Å²) in [6.45, 7) is 5.91. The number of carbonyl (C=O) groups is 1. The van der Waals surface area contributed by atoms with Crippen molar-refractivity contribution in [2.24, 2.45) is 0 Å². The highest BCUT2D eigenvalue weighted by molar-refractivity contribution is 5.90. The van der Waals surface area contributed by atoms with Crippen LogP contribution < -0.4 is 5.69 Å². The summed E-state index contributed by atoms with van der Waals surface area (Å²) in [7, 11) is 0. The van der Waals surface area contributed by atoms with E-state index in [1.807, 2.05) is 26.8 Å². The number of aromatic amines is 1. The minimum absolute atomic E-state index is 0.0571. The summed E-state index contributed by atoms with van der Waals surface area (Å²) in [6, 6.07) is 6.88. The molecular formula is C18H19N3O3. The van der Waals surface area contributed by atoms with Gasteiger partial charge in [-0.15, -0.1) is 0 Å². The van der Waals surface area contributed by atoms with Crippen LogP contribution in [0.5, 0.6) is 0 Å². The lowest BCUT2D eigenvalue weighted by molar-refractivity contribution is 0.0697. The Morgan fingerprint density at radius 1 is 1.38 bits per heavy atom. The number of aryl methyl sites for hydroxylation is 1. The van der Waals surface area contributed by atoms with Crippen molar-refractivity contribution in [2.45, 2.75) is 33.2 Å². The van der Waals surface area contributed by atoms with E-state index < -0.39 is 5.97 Å². The zero-order valence-electron chi connectivity index (χ0n) is 13.8. The number of pyridine rings is 1. The molecule has 3 rings (SSSR count). The Balaban J connectivity index is 2.18. The molecule has 124 valence electrons. The predicted molar refractivity (Wildman–Crippen MR) is 92.5 cm³/mol. The molecule has 0 radical (unpaired) electrons. The molecule has 2 aromatic heterocycles. The van der Waals surface area contributed by atoms with Crippen molar-refractivity contribution in [3.05, 3.63) is 52.1 Å². The van der Waals surface area contributed by atoms with E-state index in [-0.39, 0.29) is 17.3 Å². The predicted octanol–water partition coefficient (Wildman–Crippen LogP) is 3.37. The van der Waals surface area contributed by atoms with E-state index in [0.29, 0.717) is 11.2 Å². The number of hydrogen-bond donors (Lipinski definition) is 2. The van der Waals surface area contributed by atoms with E-state index >= 15 is 0 Å². The van der Waals surface area contributed by atoms with Crippen molar-refractivity contribution in [1.82, 2.24) is 14.5 Å². The molecule has 0 bridgehead atoms. The maximum atomic E-state index is 12.2. The number of nitrogens with zero attached hydrogens (tertiary/aromatic N) is 2. The van der Waals surface area contributed by atoms with Crippen LogP contribution in [0.4, 0.5) is 0 Å². The Morgan fingerprint density at radius 2 is 2.12 bits per heavy atom. The molecule has 0 saturated heterocycles. The van der Waals surface area contributed by atoms with Gasteiger partial charge in [-0.2, -0.15) is 0 Å². The maximum absolute atomic E-state index is 12.2. The zero-order chi connectivity index (χ0) is 17.4. The molecule has 0 amide bonds. The molecule has 0 spiro atoms. The zero-order valence-corrected chi connectivity index (χ0v) is 13.8. The Bertz CT molecular complexity index is 985. The second kappa shape index (κ2) is 5.96. The van der Waals surface area contributed by atoms with Gasteiger partial charge in [0.05, 0.1) is 11.1 Å². The fourth-order valence-electron chi connectivity index (χ4n) is 2.82. The number of aromatic nitrogens is 3. The van der Waals surface area contributed by atoms with Crippen LogP contribution in [0.3, 0.4) is 0 Å². The van der Waals surface area contributed by atoms with Gasteiger partial charge in [0, 0.05) is 17.8 Å². The molecule has 1 unspecified atom stereocenters. The number of hydrogen-bond acceptors (Lipinski definition) is 3. The normalized spacial score (nSPS) is 12.5. The molecule has 0 aliphatic rings. The average Bonchev–Trinajstić information content (AvgIpc) is 2.89. The number of nitrogens with one attached hydrogen (secondary N) is 1. The van der Waals surface area contributed by atoms with Crippen LogP contribution in [-0.4, -0.2) is 25.6 Å². The first kappa shape index (κ1) is 16.0. The van der Waals surface area contributed by atoms with Gasteiger partial charge in [0.1, 0.15) is 0 Å². The highest BCUT2D eigenvalue weighted by atomic mass is 16.4. The van der Waals surface area contributed by atoms with Crippen molar-refractivity contribution in [1.29, 1.82) is 0 Å². The smallest absolute Gasteiger partial charge is 0.335 e. The number of fused-ring (bicyclic) bond motifs is 1. The molecule has 1 atom stereocenters. The number of imidazole rings is 1. The van der Waals surface area contributed by atoms with Crippen LogP contribution in [0.25, 0.3) is 22.3 Å². The topological polar surface area (TPSA) is 88.0 Å². The maximum Gasteiger partial charge on any atom is 0.335 e. The van der Waals surface area contributed by atoms with E-state index in [1.165, 1.54) is 0 Å². The Morgan fingerprint density at radius 3 is 2.79 bits per heavy atom. The molecule has 0 aliphatic heterocycles. The molecule has 3 aromatic rings. The van der Waals surface area contributed by atoms with E-state index in [1.54, 1.807) is 29.0 Å². The molecule has 0 aliphatic carbocycles. The summed E-state index contributed by atoms with van der Waals surface area (Å²) in [5, 5.41) is 9.18. The molecule has 2 N–H and O–H groups in total. The Kier molecular flexibility index (Phi) is 3.97. The fraction of sp³-hybridized carbons (Fsp3) is 0.278. The van der Waals surface area contributed by atoms with Crippen molar-refractivity contribution >= 4 is 17.1 Å². The quantitative estimate of drug-likeness (QED) is 0.770. The van der Waals surface area contributed by atoms with Crippen molar-refractivity contribution in [2.75, 3.05) is 0 Å². The molecule has 0 fully saturated rings. The van der Waals surface area contributed by atoms with Gasteiger partial charge in [0.2, 0.25) is 0 Å². The first-order valence-corrected chi connectivity index (χ1v) is 7.87. The molecule has 2 heterocycles. The van der Waals surface area contributed by atoms with Crippen LogP contribution in [0.2, 0.25) is 0 Å². The first-order valence-electron chi connectivity index (χ1n) is 7.87. The average molecular weight is 325 g/mol. The molecule has 0 saturated carbocycles. The van der Waals surface area contributed by atoms with Crippen LogP contribution in [0.15, 0.2) is 35.3 Å². The summed E-state index contributed by atoms with van der Waals surface area (Å²) in [5.74, 6) is -0.971. The van der Waals surface area contributed by atoms with E-state index in [9.17, 15) is 14.7 Å². The highest BCUT2D eigenvalue weighted by Gasteiger charge is 2.15. The van der Waals surface area contributed by atoms with Gasteiger partial charge in [-0.25, -0.2) is 14.6 Å². The van der Waals surface area contributed by atoms with E-state index in [0.717, 1.165) is 23.1 Å². The van der Waals surface area contributed by atoms with Gasteiger partial charge in [-0.3, -0.25) is 4.57 Å². The lowest BCUT2D eigenvalue weighted by Crippen LogP contribution is -2.20.